The first-order valence-electron chi connectivity index (χ1n) is 7.75. The van der Waals surface area contributed by atoms with E-state index in [1.54, 1.807) is 14.2 Å². The predicted octanol–water partition coefficient (Wildman–Crippen LogP) is 1.86. The number of ether oxygens (including phenoxy) is 2. The molecule has 1 N–H and O–H groups in total. The summed E-state index contributed by atoms with van der Waals surface area (Å²) in [4.78, 5) is 0. The summed E-state index contributed by atoms with van der Waals surface area (Å²) in [5, 5.41) is 22.6. The van der Waals surface area contributed by atoms with Crippen LogP contribution in [-0.2, 0) is 12.0 Å². The molecule has 0 radical (unpaired) electrons. The molecular weight excluding hydrogens is 282 g/mol. The van der Waals surface area contributed by atoms with Gasteiger partial charge in [-0.05, 0) is 12.1 Å². The number of hydrogen-bond donors (Lipinski definition) is 1. The van der Waals surface area contributed by atoms with E-state index in [0.717, 1.165) is 23.3 Å². The SMILES string of the molecule is COc1ccc2c3c1O[C@H]1C[C@@H](O)C=CC31CC[N+](C)([O-])C2. The fraction of sp³-hybridized carbons (Fsp3) is 0.529. The number of aliphatic hydroxyl groups excluding tert-OH is 1. The zero-order valence-corrected chi connectivity index (χ0v) is 12.9. The van der Waals surface area contributed by atoms with Crippen LogP contribution in [0.1, 0.15) is 24.0 Å². The normalized spacial score (nSPS) is 38.7. The molecule has 2 aliphatic heterocycles. The predicted molar refractivity (Wildman–Crippen MR) is 81.6 cm³/mol. The third kappa shape index (κ3) is 1.82. The van der Waals surface area contributed by atoms with E-state index in [2.05, 4.69) is 6.08 Å². The molecule has 0 amide bonds. The number of rotatable bonds is 1. The van der Waals surface area contributed by atoms with Crippen molar-refractivity contribution < 1.29 is 19.2 Å². The number of aliphatic hydroxyl groups is 1. The Balaban J connectivity index is 1.96. The minimum Gasteiger partial charge on any atom is -0.633 e. The van der Waals surface area contributed by atoms with Crippen LogP contribution in [0.4, 0.5) is 0 Å². The maximum absolute atomic E-state index is 12.7. The second kappa shape index (κ2) is 4.47. The maximum Gasteiger partial charge on any atom is 0.166 e. The summed E-state index contributed by atoms with van der Waals surface area (Å²) in [5.41, 5.74) is 1.82. The highest BCUT2D eigenvalue weighted by Gasteiger charge is 2.53. The van der Waals surface area contributed by atoms with E-state index in [9.17, 15) is 10.3 Å². The van der Waals surface area contributed by atoms with Crippen molar-refractivity contribution in [2.45, 2.75) is 37.0 Å². The fourth-order valence-electron chi connectivity index (χ4n) is 4.19. The Labute approximate surface area is 129 Å². The number of hydrogen-bond acceptors (Lipinski definition) is 4. The van der Waals surface area contributed by atoms with E-state index in [-0.39, 0.29) is 16.2 Å². The standard InChI is InChI=1S/C17H21NO4/c1-18(20)8-7-17-6-5-12(19)9-14(17)22-16-13(21-2)4-3-11(10-18)15(16)17/h3-6,12,14,19H,7-10H2,1-2H3/t12-,14-,17?,18?/m0/s1. The Kier molecular flexibility index (Phi) is 2.86. The summed E-state index contributed by atoms with van der Waals surface area (Å²) < 4.78 is 11.4. The number of benzene rings is 1. The molecule has 1 aromatic carbocycles. The molecule has 1 aromatic rings. The molecule has 3 aliphatic rings. The summed E-state index contributed by atoms with van der Waals surface area (Å²) in [7, 11) is 3.36. The summed E-state index contributed by atoms with van der Waals surface area (Å²) in [5.74, 6) is 1.46. The van der Waals surface area contributed by atoms with E-state index in [0.29, 0.717) is 25.3 Å². The third-order valence-electron chi connectivity index (χ3n) is 5.30. The van der Waals surface area contributed by atoms with Crippen LogP contribution in [0.3, 0.4) is 0 Å². The quantitative estimate of drug-likeness (QED) is 0.489. The molecule has 1 aliphatic carbocycles. The van der Waals surface area contributed by atoms with Crippen LogP contribution in [-0.4, -0.2) is 42.7 Å². The van der Waals surface area contributed by atoms with Gasteiger partial charge < -0.3 is 24.4 Å². The Morgan fingerprint density at radius 3 is 3.05 bits per heavy atom. The van der Waals surface area contributed by atoms with Crippen LogP contribution in [0, 0.1) is 5.21 Å². The van der Waals surface area contributed by atoms with Gasteiger partial charge in [0.15, 0.2) is 11.5 Å². The van der Waals surface area contributed by atoms with Gasteiger partial charge in [-0.25, -0.2) is 0 Å². The van der Waals surface area contributed by atoms with Crippen LogP contribution < -0.4 is 9.47 Å². The van der Waals surface area contributed by atoms with Crippen LogP contribution in [0.15, 0.2) is 24.3 Å². The van der Waals surface area contributed by atoms with Crippen molar-refractivity contribution in [3.05, 3.63) is 40.6 Å². The summed E-state index contributed by atoms with van der Waals surface area (Å²) in [6.45, 7) is 0.983. The molecule has 5 nitrogen and oxygen atoms in total. The second-order valence-corrected chi connectivity index (χ2v) is 6.87. The van der Waals surface area contributed by atoms with E-state index in [4.69, 9.17) is 9.47 Å². The van der Waals surface area contributed by atoms with Gasteiger partial charge in [0.05, 0.1) is 32.2 Å². The number of methoxy groups -OCH3 is 1. The van der Waals surface area contributed by atoms with Crippen molar-refractivity contribution in [1.82, 2.24) is 0 Å². The molecule has 22 heavy (non-hydrogen) atoms. The Hall–Kier alpha value is -1.56. The molecule has 0 saturated heterocycles. The second-order valence-electron chi connectivity index (χ2n) is 6.87. The van der Waals surface area contributed by atoms with Gasteiger partial charge in [0.25, 0.3) is 0 Å². The van der Waals surface area contributed by atoms with E-state index in [1.807, 2.05) is 18.2 Å². The molecule has 0 aromatic heterocycles. The van der Waals surface area contributed by atoms with Crippen molar-refractivity contribution in [3.8, 4) is 11.5 Å². The van der Waals surface area contributed by atoms with E-state index in [1.165, 1.54) is 0 Å². The molecule has 2 unspecified atom stereocenters. The van der Waals surface area contributed by atoms with Gasteiger partial charge in [-0.1, -0.05) is 12.2 Å². The van der Waals surface area contributed by atoms with Gasteiger partial charge in [0.2, 0.25) is 0 Å². The molecule has 4 atom stereocenters. The first-order valence-corrected chi connectivity index (χ1v) is 7.75. The van der Waals surface area contributed by atoms with Crippen molar-refractivity contribution >= 4 is 0 Å². The highest BCUT2D eigenvalue weighted by molar-refractivity contribution is 5.60. The van der Waals surface area contributed by atoms with Crippen molar-refractivity contribution in [1.29, 1.82) is 0 Å². The van der Waals surface area contributed by atoms with Gasteiger partial charge >= 0.3 is 0 Å². The van der Waals surface area contributed by atoms with Gasteiger partial charge in [-0.2, -0.15) is 0 Å². The average Bonchev–Trinajstić information content (AvgIpc) is 2.74. The number of hydroxylamine groups is 3. The highest BCUT2D eigenvalue weighted by atomic mass is 16.5. The summed E-state index contributed by atoms with van der Waals surface area (Å²) in [6.07, 6.45) is 4.57. The molecular formula is C17H21NO4. The fourth-order valence-corrected chi connectivity index (χ4v) is 4.19. The first kappa shape index (κ1) is 14.1. The lowest BCUT2D eigenvalue weighted by Crippen LogP contribution is -2.44. The molecule has 0 fully saturated rings. The van der Waals surface area contributed by atoms with Crippen LogP contribution in [0.25, 0.3) is 0 Å². The molecule has 1 spiro atoms. The minimum absolute atomic E-state index is 0.129. The lowest BCUT2D eigenvalue weighted by atomic mass is 9.69. The lowest BCUT2D eigenvalue weighted by molar-refractivity contribution is -0.874. The van der Waals surface area contributed by atoms with Crippen molar-refractivity contribution in [3.63, 3.8) is 0 Å². The zero-order valence-electron chi connectivity index (χ0n) is 12.9. The summed E-state index contributed by atoms with van der Waals surface area (Å²) >= 11 is 0. The van der Waals surface area contributed by atoms with E-state index >= 15 is 0 Å². The molecule has 5 heteroatoms. The van der Waals surface area contributed by atoms with Gasteiger partial charge in [-0.15, -0.1) is 0 Å². The third-order valence-corrected chi connectivity index (χ3v) is 5.30. The van der Waals surface area contributed by atoms with Crippen LogP contribution >= 0.6 is 0 Å². The monoisotopic (exact) mass is 303 g/mol. The molecule has 0 bridgehead atoms. The average molecular weight is 303 g/mol. The van der Waals surface area contributed by atoms with Crippen molar-refractivity contribution in [2.24, 2.45) is 0 Å². The van der Waals surface area contributed by atoms with Gasteiger partial charge in [0, 0.05) is 24.0 Å². The van der Waals surface area contributed by atoms with Crippen LogP contribution in [0.5, 0.6) is 11.5 Å². The maximum atomic E-state index is 12.7. The lowest BCUT2D eigenvalue weighted by Gasteiger charge is -2.40. The van der Waals surface area contributed by atoms with Crippen molar-refractivity contribution in [2.75, 3.05) is 20.7 Å². The highest BCUT2D eigenvalue weighted by Crippen LogP contribution is 2.56. The largest absolute Gasteiger partial charge is 0.633 e. The summed E-state index contributed by atoms with van der Waals surface area (Å²) in [6, 6.07) is 3.87. The number of nitrogens with zero attached hydrogens (tertiary/aromatic N) is 1. The minimum atomic E-state index is -0.490. The Morgan fingerprint density at radius 1 is 1.45 bits per heavy atom. The molecule has 2 heterocycles. The van der Waals surface area contributed by atoms with Gasteiger partial charge in [0.1, 0.15) is 12.6 Å². The zero-order chi connectivity index (χ0) is 15.5. The van der Waals surface area contributed by atoms with Crippen LogP contribution in [0.2, 0.25) is 0 Å². The first-order chi connectivity index (χ1) is 10.5. The Morgan fingerprint density at radius 2 is 2.27 bits per heavy atom. The molecule has 4 rings (SSSR count). The van der Waals surface area contributed by atoms with E-state index < -0.39 is 6.10 Å². The number of quaternary nitrogens is 1. The van der Waals surface area contributed by atoms with Gasteiger partial charge in [-0.3, -0.25) is 0 Å². The molecule has 118 valence electrons. The topological polar surface area (TPSA) is 61.8 Å². The molecule has 0 saturated carbocycles. The smallest absolute Gasteiger partial charge is 0.166 e. The Bertz CT molecular complexity index is 654.